The van der Waals surface area contributed by atoms with Gasteiger partial charge in [0.1, 0.15) is 12.1 Å². The van der Waals surface area contributed by atoms with Gasteiger partial charge in [0.25, 0.3) is 0 Å². The molecular weight excluding hydrogens is 503 g/mol. The van der Waals surface area contributed by atoms with E-state index in [1.807, 2.05) is 12.1 Å². The van der Waals surface area contributed by atoms with Gasteiger partial charge in [-0.25, -0.2) is 0 Å². The highest BCUT2D eigenvalue weighted by Gasteiger charge is 2.87. The Balaban J connectivity index is 0. The van der Waals surface area contributed by atoms with Crippen molar-refractivity contribution < 1.29 is 0 Å². The van der Waals surface area contributed by atoms with Crippen molar-refractivity contribution in [1.29, 1.82) is 10.5 Å². The maximum atomic E-state index is 8.56. The zero-order chi connectivity index (χ0) is 18.6. The van der Waals surface area contributed by atoms with E-state index in [0.29, 0.717) is 0 Å². The van der Waals surface area contributed by atoms with Gasteiger partial charge in [0.2, 0.25) is 0 Å². The van der Waals surface area contributed by atoms with Crippen molar-refractivity contribution in [3.8, 4) is 12.1 Å². The summed E-state index contributed by atoms with van der Waals surface area (Å²) in [6.45, 7) is 0. The Kier molecular flexibility index (Phi) is 11.5. The molecule has 0 radical (unpaired) electrons. The highest BCUT2D eigenvalue weighted by Crippen LogP contribution is 2.76. The van der Waals surface area contributed by atoms with Gasteiger partial charge in [-0.15, -0.1) is 11.6 Å². The largest absolute Gasteiger partial charge is 0.192 e. The van der Waals surface area contributed by atoms with Crippen molar-refractivity contribution in [1.82, 2.24) is 0 Å². The topological polar surface area (TPSA) is 47.6 Å². The zero-order valence-electron chi connectivity index (χ0n) is 11.0. The van der Waals surface area contributed by atoms with Gasteiger partial charge in [-0.05, 0) is 12.1 Å². The van der Waals surface area contributed by atoms with E-state index in [1.54, 1.807) is 0 Å². The van der Waals surface area contributed by atoms with Crippen LogP contribution in [0.1, 0.15) is 18.6 Å². The normalized spacial score (nSPS) is 17.3. The van der Waals surface area contributed by atoms with E-state index in [4.69, 9.17) is 103 Å². The molecule has 0 saturated heterocycles. The minimum Gasteiger partial charge on any atom is -0.192 e. The standard InChI is InChI=1S/C8H2Cl2N2.C3Cl6.CH3Cl.CH4/c9-7-1-5(3-11)6(4-12)2-8(7)10;4-1(5)2(6,7)3(1,8)9;1-2;/h1-2H;;1H3;1H4. The summed E-state index contributed by atoms with van der Waals surface area (Å²) in [6, 6.07) is 6.45. The summed E-state index contributed by atoms with van der Waals surface area (Å²) in [5.74, 6) is 0. The quantitative estimate of drug-likeness (QED) is 0.334. The number of benzene rings is 1. The van der Waals surface area contributed by atoms with Gasteiger partial charge in [-0.2, -0.15) is 10.5 Å². The van der Waals surface area contributed by atoms with Gasteiger partial charge < -0.3 is 0 Å². The zero-order valence-corrected chi connectivity index (χ0v) is 17.8. The van der Waals surface area contributed by atoms with Crippen LogP contribution in [0.3, 0.4) is 0 Å². The van der Waals surface area contributed by atoms with Gasteiger partial charge in [-0.3, -0.25) is 0 Å². The number of alkyl halides is 7. The van der Waals surface area contributed by atoms with Gasteiger partial charge in [0, 0.05) is 6.38 Å². The summed E-state index contributed by atoms with van der Waals surface area (Å²) in [6.07, 6.45) is 1.47. The summed E-state index contributed by atoms with van der Waals surface area (Å²) < 4.78 is -4.36. The van der Waals surface area contributed by atoms with Gasteiger partial charge in [0.05, 0.1) is 21.2 Å². The lowest BCUT2D eigenvalue weighted by Gasteiger charge is -1.97. The molecule has 0 bridgehead atoms. The Bertz CT molecular complexity index is 577. The van der Waals surface area contributed by atoms with Crippen molar-refractivity contribution in [2.75, 3.05) is 6.38 Å². The second-order valence-corrected chi connectivity index (χ2v) is 8.56. The molecule has 0 N–H and O–H groups in total. The van der Waals surface area contributed by atoms with Crippen molar-refractivity contribution >= 4 is 104 Å². The molecule has 11 heteroatoms. The number of nitriles is 2. The molecule has 24 heavy (non-hydrogen) atoms. The summed E-state index contributed by atoms with van der Waals surface area (Å²) in [5.41, 5.74) is 0.485. The molecule has 0 aliphatic heterocycles. The van der Waals surface area contributed by atoms with Crippen molar-refractivity contribution in [3.05, 3.63) is 33.3 Å². The molecular formula is C13H9Cl9N2. The highest BCUT2D eigenvalue weighted by atomic mass is 35.6. The van der Waals surface area contributed by atoms with Crippen molar-refractivity contribution in [2.24, 2.45) is 0 Å². The Labute approximate surface area is 186 Å². The van der Waals surface area contributed by atoms with E-state index >= 15 is 0 Å². The molecule has 0 heterocycles. The predicted molar refractivity (Wildman–Crippen MR) is 108 cm³/mol. The Hall–Kier alpha value is 0.810. The van der Waals surface area contributed by atoms with Crippen LogP contribution in [-0.4, -0.2) is 19.4 Å². The Morgan fingerprint density at radius 3 is 1.04 bits per heavy atom. The molecule has 0 atom stereocenters. The van der Waals surface area contributed by atoms with Crippen LogP contribution in [0.2, 0.25) is 10.0 Å². The fraction of sp³-hybridized carbons (Fsp3) is 0.385. The molecule has 1 fully saturated rings. The summed E-state index contributed by atoms with van der Waals surface area (Å²) in [5, 5.41) is 17.7. The van der Waals surface area contributed by atoms with Crippen LogP contribution in [0.4, 0.5) is 0 Å². The molecule has 0 unspecified atom stereocenters. The molecule has 2 nitrogen and oxygen atoms in total. The number of hydrogen-bond acceptors (Lipinski definition) is 2. The molecule has 1 aromatic rings. The Morgan fingerprint density at radius 1 is 0.708 bits per heavy atom. The second kappa shape index (κ2) is 10.2. The third-order valence-corrected chi connectivity index (χ3v) is 7.71. The minimum atomic E-state index is -1.45. The van der Waals surface area contributed by atoms with E-state index in [0.717, 1.165) is 0 Å². The fourth-order valence-corrected chi connectivity index (χ4v) is 3.41. The van der Waals surface area contributed by atoms with Crippen LogP contribution in [0.15, 0.2) is 12.1 Å². The smallest absolute Gasteiger partial charge is 0.189 e. The molecule has 1 saturated carbocycles. The molecule has 0 aromatic heterocycles. The van der Waals surface area contributed by atoms with E-state index < -0.39 is 13.0 Å². The maximum absolute atomic E-state index is 8.56. The van der Waals surface area contributed by atoms with Crippen LogP contribution in [0.5, 0.6) is 0 Å². The average Bonchev–Trinajstić information content (AvgIpc) is 2.79. The first-order valence-corrected chi connectivity index (χ1v) is 9.02. The molecule has 134 valence electrons. The molecule has 1 aliphatic rings. The molecule has 1 aliphatic carbocycles. The van der Waals surface area contributed by atoms with E-state index in [2.05, 4.69) is 11.6 Å². The minimum absolute atomic E-state index is 0. The lowest BCUT2D eigenvalue weighted by Crippen LogP contribution is -1.96. The first-order chi connectivity index (χ1) is 10.4. The summed E-state index contributed by atoms with van der Waals surface area (Å²) in [7, 11) is 0. The number of halogens is 9. The van der Waals surface area contributed by atoms with E-state index in [9.17, 15) is 0 Å². The number of nitrogens with zero attached hydrogens (tertiary/aromatic N) is 2. The maximum Gasteiger partial charge on any atom is 0.189 e. The third-order valence-electron chi connectivity index (χ3n) is 2.42. The monoisotopic (exact) mass is 508 g/mol. The van der Waals surface area contributed by atoms with Crippen LogP contribution in [0.25, 0.3) is 0 Å². The van der Waals surface area contributed by atoms with E-state index in [1.165, 1.54) is 18.5 Å². The average molecular weight is 512 g/mol. The summed E-state index contributed by atoms with van der Waals surface area (Å²) >= 11 is 48.7. The third kappa shape index (κ3) is 5.17. The molecule has 1 aromatic carbocycles. The van der Waals surface area contributed by atoms with Gasteiger partial charge >= 0.3 is 0 Å². The SMILES string of the molecule is C.CCl.ClC1(Cl)C(Cl)(Cl)C1(Cl)Cl.N#Cc1cc(Cl)c(Cl)cc1C#N. The fourth-order valence-electron chi connectivity index (χ4n) is 1.09. The van der Waals surface area contributed by atoms with Crippen LogP contribution in [-0.2, 0) is 0 Å². The van der Waals surface area contributed by atoms with Crippen molar-refractivity contribution in [2.45, 2.75) is 20.4 Å². The number of rotatable bonds is 0. The molecule has 2 rings (SSSR count). The summed E-state index contributed by atoms with van der Waals surface area (Å²) in [4.78, 5) is 0. The van der Waals surface area contributed by atoms with Gasteiger partial charge in [-0.1, -0.05) is 100 Å². The van der Waals surface area contributed by atoms with Crippen molar-refractivity contribution in [3.63, 3.8) is 0 Å². The van der Waals surface area contributed by atoms with Crippen LogP contribution in [0, 0.1) is 22.7 Å². The van der Waals surface area contributed by atoms with Gasteiger partial charge in [0.15, 0.2) is 13.0 Å². The van der Waals surface area contributed by atoms with Crippen LogP contribution < -0.4 is 0 Å². The Morgan fingerprint density at radius 2 is 0.917 bits per heavy atom. The molecule has 0 amide bonds. The first-order valence-electron chi connectivity index (χ1n) is 5.24. The lowest BCUT2D eigenvalue weighted by atomic mass is 10.1. The van der Waals surface area contributed by atoms with Crippen LogP contribution >= 0.6 is 104 Å². The highest BCUT2D eigenvalue weighted by molar-refractivity contribution is 6.82. The second-order valence-electron chi connectivity index (χ2n) is 3.76. The number of hydrogen-bond donors (Lipinski definition) is 0. The predicted octanol–water partition coefficient (Wildman–Crippen LogP) is 7.75. The first kappa shape index (κ1) is 27.0. The van der Waals surface area contributed by atoms with E-state index in [-0.39, 0.29) is 28.6 Å². The lowest BCUT2D eigenvalue weighted by molar-refractivity contribution is 1.29. The molecule has 0 spiro atoms.